The molecule has 2 fully saturated rings. The molecule has 0 bridgehead atoms. The highest BCUT2D eigenvalue weighted by Crippen LogP contribution is 2.21. The maximum atomic E-state index is 5.97. The van der Waals surface area contributed by atoms with E-state index < -0.39 is 0 Å². The van der Waals surface area contributed by atoms with Crippen LogP contribution in [0.3, 0.4) is 0 Å². The molecule has 3 rings (SSSR count). The van der Waals surface area contributed by atoms with Crippen LogP contribution < -0.4 is 5.32 Å². The maximum absolute atomic E-state index is 5.97. The van der Waals surface area contributed by atoms with E-state index in [0.717, 1.165) is 64.6 Å². The molecule has 2 unspecified atom stereocenters. The number of halogens is 1. The van der Waals surface area contributed by atoms with Crippen molar-refractivity contribution < 1.29 is 9.47 Å². The molecule has 0 aromatic heterocycles. The lowest BCUT2D eigenvalue weighted by Crippen LogP contribution is -2.53. The van der Waals surface area contributed by atoms with Crippen LogP contribution in [0.5, 0.6) is 0 Å². The molecule has 2 aliphatic rings. The zero-order valence-corrected chi connectivity index (χ0v) is 19.2. The summed E-state index contributed by atoms with van der Waals surface area (Å²) in [7, 11) is 0. The number of guanidine groups is 1. The van der Waals surface area contributed by atoms with Crippen molar-refractivity contribution in [1.82, 2.24) is 10.2 Å². The summed E-state index contributed by atoms with van der Waals surface area (Å²) in [6.45, 7) is 11.5. The first-order valence-electron chi connectivity index (χ1n) is 9.99. The molecule has 6 heteroatoms. The van der Waals surface area contributed by atoms with Crippen molar-refractivity contribution in [3.8, 4) is 0 Å². The SMILES string of the molecule is CCNC(=NCCc1cc(C)cc(C)c1)N1CCOC(C2CCCO2)C1.I. The van der Waals surface area contributed by atoms with Gasteiger partial charge < -0.3 is 19.7 Å². The van der Waals surface area contributed by atoms with Crippen molar-refractivity contribution in [3.63, 3.8) is 0 Å². The molecule has 5 nitrogen and oxygen atoms in total. The Hall–Kier alpha value is -0.860. The summed E-state index contributed by atoms with van der Waals surface area (Å²) in [5.74, 6) is 1.00. The molecule has 0 spiro atoms. The highest BCUT2D eigenvalue weighted by atomic mass is 127. The number of rotatable bonds is 5. The summed E-state index contributed by atoms with van der Waals surface area (Å²) in [5, 5.41) is 3.45. The van der Waals surface area contributed by atoms with Crippen LogP contribution >= 0.6 is 24.0 Å². The van der Waals surface area contributed by atoms with E-state index in [1.165, 1.54) is 16.7 Å². The van der Waals surface area contributed by atoms with Gasteiger partial charge in [0.15, 0.2) is 5.96 Å². The largest absolute Gasteiger partial charge is 0.375 e. The van der Waals surface area contributed by atoms with Crippen LogP contribution in [0.25, 0.3) is 0 Å². The van der Waals surface area contributed by atoms with E-state index in [-0.39, 0.29) is 36.2 Å². The molecule has 1 aromatic rings. The zero-order valence-electron chi connectivity index (χ0n) is 16.9. The summed E-state index contributed by atoms with van der Waals surface area (Å²) in [6.07, 6.45) is 3.63. The molecule has 2 aliphatic heterocycles. The Bertz CT molecular complexity index is 597. The Balaban J connectivity index is 0.00000261. The maximum Gasteiger partial charge on any atom is 0.194 e. The van der Waals surface area contributed by atoms with E-state index in [1.807, 2.05) is 0 Å². The van der Waals surface area contributed by atoms with Crippen molar-refractivity contribution in [2.24, 2.45) is 4.99 Å². The average molecular weight is 487 g/mol. The first-order chi connectivity index (χ1) is 12.7. The molecule has 0 radical (unpaired) electrons. The second-order valence-corrected chi connectivity index (χ2v) is 7.39. The van der Waals surface area contributed by atoms with Gasteiger partial charge in [-0.25, -0.2) is 0 Å². The fourth-order valence-electron chi connectivity index (χ4n) is 3.92. The average Bonchev–Trinajstić information content (AvgIpc) is 3.15. The predicted octanol–water partition coefficient (Wildman–Crippen LogP) is 3.31. The Kier molecular flexibility index (Phi) is 9.32. The second kappa shape index (κ2) is 11.2. The molecule has 1 N–H and O–H groups in total. The normalized spacial score (nSPS) is 23.2. The molecule has 2 heterocycles. The van der Waals surface area contributed by atoms with Gasteiger partial charge in [-0.15, -0.1) is 24.0 Å². The van der Waals surface area contributed by atoms with Crippen LogP contribution in [0, 0.1) is 13.8 Å². The van der Waals surface area contributed by atoms with Crippen molar-refractivity contribution in [2.75, 3.05) is 39.4 Å². The number of morpholine rings is 1. The van der Waals surface area contributed by atoms with Gasteiger partial charge in [0, 0.05) is 32.8 Å². The third kappa shape index (κ3) is 6.61. The molecule has 2 atom stereocenters. The highest BCUT2D eigenvalue weighted by Gasteiger charge is 2.32. The van der Waals surface area contributed by atoms with Crippen LogP contribution in [0.2, 0.25) is 0 Å². The van der Waals surface area contributed by atoms with Gasteiger partial charge in [0.05, 0.1) is 12.7 Å². The van der Waals surface area contributed by atoms with E-state index >= 15 is 0 Å². The molecule has 152 valence electrons. The van der Waals surface area contributed by atoms with Gasteiger partial charge in [-0.05, 0) is 45.6 Å². The van der Waals surface area contributed by atoms with Gasteiger partial charge in [-0.3, -0.25) is 4.99 Å². The van der Waals surface area contributed by atoms with E-state index in [0.29, 0.717) is 0 Å². The lowest BCUT2D eigenvalue weighted by atomic mass is 10.1. The molecule has 0 amide bonds. The van der Waals surface area contributed by atoms with Crippen LogP contribution in [0.1, 0.15) is 36.5 Å². The lowest BCUT2D eigenvalue weighted by Gasteiger charge is -2.37. The Labute approximate surface area is 180 Å². The fraction of sp³-hybridized carbons (Fsp3) is 0.667. The zero-order chi connectivity index (χ0) is 18.4. The summed E-state index contributed by atoms with van der Waals surface area (Å²) in [6, 6.07) is 6.74. The molecular formula is C21H34IN3O2. The van der Waals surface area contributed by atoms with Crippen molar-refractivity contribution in [2.45, 2.75) is 52.2 Å². The van der Waals surface area contributed by atoms with Crippen molar-refractivity contribution in [1.29, 1.82) is 0 Å². The first-order valence-corrected chi connectivity index (χ1v) is 9.99. The molecular weight excluding hydrogens is 453 g/mol. The van der Waals surface area contributed by atoms with E-state index in [9.17, 15) is 0 Å². The number of hydrogen-bond acceptors (Lipinski definition) is 3. The first kappa shape index (κ1) is 22.4. The predicted molar refractivity (Wildman–Crippen MR) is 121 cm³/mol. The van der Waals surface area contributed by atoms with Gasteiger partial charge in [0.2, 0.25) is 0 Å². The van der Waals surface area contributed by atoms with Crippen LogP contribution in [0.4, 0.5) is 0 Å². The molecule has 27 heavy (non-hydrogen) atoms. The van der Waals surface area contributed by atoms with Crippen LogP contribution in [0.15, 0.2) is 23.2 Å². The third-order valence-electron chi connectivity index (χ3n) is 5.05. The number of aryl methyl sites for hydroxylation is 2. The van der Waals surface area contributed by atoms with Crippen molar-refractivity contribution >= 4 is 29.9 Å². The van der Waals surface area contributed by atoms with Gasteiger partial charge in [-0.2, -0.15) is 0 Å². The smallest absolute Gasteiger partial charge is 0.194 e. The third-order valence-corrected chi connectivity index (χ3v) is 5.05. The lowest BCUT2D eigenvalue weighted by molar-refractivity contribution is -0.0817. The highest BCUT2D eigenvalue weighted by molar-refractivity contribution is 14.0. The number of nitrogens with one attached hydrogen (secondary N) is 1. The summed E-state index contributed by atoms with van der Waals surface area (Å²) < 4.78 is 11.8. The second-order valence-electron chi connectivity index (χ2n) is 7.39. The Morgan fingerprint density at radius 3 is 2.56 bits per heavy atom. The Morgan fingerprint density at radius 1 is 1.15 bits per heavy atom. The van der Waals surface area contributed by atoms with Gasteiger partial charge in [0.25, 0.3) is 0 Å². The summed E-state index contributed by atoms with van der Waals surface area (Å²) >= 11 is 0. The summed E-state index contributed by atoms with van der Waals surface area (Å²) in [5.41, 5.74) is 4.01. The quantitative estimate of drug-likeness (QED) is 0.394. The number of aliphatic imine (C=N–C) groups is 1. The van der Waals surface area contributed by atoms with E-state index in [1.54, 1.807) is 0 Å². The standard InChI is InChI=1S/C21H33N3O2.HI/c1-4-22-21(23-8-7-18-13-16(2)12-17(3)14-18)24-9-11-26-20(15-24)19-6-5-10-25-19;/h12-14,19-20H,4-11,15H2,1-3H3,(H,22,23);1H. The Morgan fingerprint density at radius 2 is 1.89 bits per heavy atom. The summed E-state index contributed by atoms with van der Waals surface area (Å²) in [4.78, 5) is 7.22. The number of benzene rings is 1. The van der Waals surface area contributed by atoms with E-state index in [4.69, 9.17) is 14.5 Å². The minimum Gasteiger partial charge on any atom is -0.375 e. The molecule has 0 aliphatic carbocycles. The molecule has 2 saturated heterocycles. The monoisotopic (exact) mass is 487 g/mol. The number of hydrogen-bond donors (Lipinski definition) is 1. The van der Waals surface area contributed by atoms with Gasteiger partial charge >= 0.3 is 0 Å². The molecule has 1 aromatic carbocycles. The molecule has 0 saturated carbocycles. The fourth-order valence-corrected chi connectivity index (χ4v) is 3.92. The van der Waals surface area contributed by atoms with Gasteiger partial charge in [-0.1, -0.05) is 29.3 Å². The van der Waals surface area contributed by atoms with Crippen LogP contribution in [-0.2, 0) is 15.9 Å². The van der Waals surface area contributed by atoms with Gasteiger partial charge in [0.1, 0.15) is 6.10 Å². The number of nitrogens with zero attached hydrogens (tertiary/aromatic N) is 2. The minimum absolute atomic E-state index is 0. The van der Waals surface area contributed by atoms with Crippen molar-refractivity contribution in [3.05, 3.63) is 34.9 Å². The minimum atomic E-state index is 0. The number of ether oxygens (including phenoxy) is 2. The van der Waals surface area contributed by atoms with E-state index in [2.05, 4.69) is 49.2 Å². The van der Waals surface area contributed by atoms with Crippen LogP contribution in [-0.4, -0.2) is 62.5 Å². The topological polar surface area (TPSA) is 46.1 Å².